The maximum atomic E-state index is 15.9. The van der Waals surface area contributed by atoms with Crippen LogP contribution in [-0.2, 0) is 52.8 Å². The van der Waals surface area contributed by atoms with Gasteiger partial charge in [0.05, 0.1) is 26.8 Å². The Kier molecular flexibility index (Phi) is 21.4. The van der Waals surface area contributed by atoms with Gasteiger partial charge in [-0.2, -0.15) is 0 Å². The Hall–Kier alpha value is -7.34. The lowest BCUT2D eigenvalue weighted by molar-refractivity contribution is -0.384. The van der Waals surface area contributed by atoms with Crippen molar-refractivity contribution in [1.82, 2.24) is 19.2 Å². The number of hydrogen-bond donors (Lipinski definition) is 2. The number of benzene rings is 8. The number of carbonyl (C=O) groups excluding carboxylic acids is 2. The molecule has 2 N–H and O–H groups in total. The summed E-state index contributed by atoms with van der Waals surface area (Å²) < 4.78 is 100. The maximum Gasteiger partial charge on any atom is 0.270 e. The zero-order valence-electron chi connectivity index (χ0n) is 44.3. The molecule has 15 nitrogen and oxygen atoms in total. The van der Waals surface area contributed by atoms with Crippen LogP contribution in [0.1, 0.15) is 48.5 Å². The van der Waals surface area contributed by atoms with Crippen molar-refractivity contribution in [2.45, 2.75) is 52.4 Å². The van der Waals surface area contributed by atoms with E-state index in [4.69, 9.17) is 32.7 Å². The zero-order chi connectivity index (χ0) is 59.1. The molecule has 23 heteroatoms. The third-order valence-corrected chi connectivity index (χ3v) is 18.3. The number of amides is 2. The number of sulfonamides is 2. The molecule has 0 aromatic heterocycles. The molecule has 83 heavy (non-hydrogen) atoms. The molecule has 0 aliphatic heterocycles. The summed E-state index contributed by atoms with van der Waals surface area (Å²) in [5, 5.41) is 11.6. The monoisotopic (exact) mass is 1240 g/mol. The van der Waals surface area contributed by atoms with Gasteiger partial charge in [0.25, 0.3) is 37.5 Å². The Morgan fingerprint density at radius 1 is 0.578 bits per heavy atom. The molecule has 0 bridgehead atoms. The predicted molar refractivity (Wildman–Crippen MR) is 318 cm³/mol. The van der Waals surface area contributed by atoms with Gasteiger partial charge in [-0.3, -0.25) is 29.5 Å². The molecule has 0 saturated carbocycles. The van der Waals surface area contributed by atoms with E-state index in [1.54, 1.807) is 59.9 Å². The second-order valence-electron chi connectivity index (χ2n) is 18.6. The van der Waals surface area contributed by atoms with Crippen molar-refractivity contribution in [3.8, 4) is 11.5 Å². The molecule has 8 rings (SSSR count). The molecule has 0 fully saturated rings. The summed E-state index contributed by atoms with van der Waals surface area (Å²) in [6, 6.07) is 47.3. The summed E-state index contributed by atoms with van der Waals surface area (Å²) in [6.45, 7) is 1.53. The Bertz CT molecular complexity index is 3800. The lowest BCUT2D eigenvalue weighted by Gasteiger charge is -2.24. The average Bonchev–Trinajstić information content (AvgIpc) is 3.63. The molecular formula is C60H53Cl2F2N5O10S4. The summed E-state index contributed by atoms with van der Waals surface area (Å²) in [4.78, 5) is 42.7. The number of nitrogens with one attached hydrogen (secondary N) is 2. The SMILES string of the molecule is COc1cc(OCc2ccc(F)c(CN(CCSc3ccccc3)Cc3ccc(S(=O)(=O)NC(=O)c4cccc([N+](=O)[O-])c4)cc3)c2Cl)cc(C(=O)NS(=O)(=O)c2ccc(CN(CCSc3ccccc3)Cc3c(F)cccc3Cl)cc2)c1. The predicted octanol–water partition coefficient (Wildman–Crippen LogP) is 12.6. The van der Waals surface area contributed by atoms with Crippen LogP contribution in [0.4, 0.5) is 14.5 Å². The molecule has 8 aromatic carbocycles. The van der Waals surface area contributed by atoms with Crippen LogP contribution in [0.5, 0.6) is 11.5 Å². The molecule has 0 atom stereocenters. The van der Waals surface area contributed by atoms with Crippen LogP contribution >= 0.6 is 46.7 Å². The second kappa shape index (κ2) is 28.8. The number of carbonyl (C=O) groups is 2. The molecule has 0 heterocycles. The van der Waals surface area contributed by atoms with Crippen LogP contribution in [0, 0.1) is 21.7 Å². The molecule has 2 amide bonds. The van der Waals surface area contributed by atoms with Crippen molar-refractivity contribution >= 4 is 84.3 Å². The van der Waals surface area contributed by atoms with Crippen molar-refractivity contribution in [3.63, 3.8) is 0 Å². The molecule has 0 unspecified atom stereocenters. The molecule has 0 aliphatic carbocycles. The van der Waals surface area contributed by atoms with Crippen LogP contribution in [0.25, 0.3) is 0 Å². The lowest BCUT2D eigenvalue weighted by atomic mass is 10.1. The first-order valence-electron chi connectivity index (χ1n) is 25.4. The lowest BCUT2D eigenvalue weighted by Crippen LogP contribution is -2.30. The normalized spacial score (nSPS) is 11.6. The number of nitro groups is 1. The van der Waals surface area contributed by atoms with Gasteiger partial charge in [0, 0.05) is 112 Å². The summed E-state index contributed by atoms with van der Waals surface area (Å²) in [7, 11) is -7.45. The Morgan fingerprint density at radius 3 is 1.61 bits per heavy atom. The fourth-order valence-electron chi connectivity index (χ4n) is 8.45. The standard InChI is InChI=1S/C60H53Cl2F2N5O10S4/c1-78-47-33-45(60(71)66-83(76,77)52-25-18-41(19-26-52)36-67(28-30-80-49-12-4-2-5-13-49)38-53-55(61)16-9-17-56(53)63)34-48(35-47)79-40-44-22-27-57(64)54(58(44)62)39-68(29-31-81-50-14-6-3-7-15-50)37-42-20-23-51(24-21-42)82(74,75)65-59(70)43-10-8-11-46(32-43)69(72)73/h2-27,32-35H,28-31,36-40H2,1H3,(H,65,70)(H,66,71). The number of non-ortho nitro benzene ring substituents is 1. The quantitative estimate of drug-likeness (QED) is 0.0280. The van der Waals surface area contributed by atoms with E-state index in [0.29, 0.717) is 52.9 Å². The summed E-state index contributed by atoms with van der Waals surface area (Å²) in [5.41, 5.74) is 1.55. The van der Waals surface area contributed by atoms with Gasteiger partial charge in [0.1, 0.15) is 29.7 Å². The van der Waals surface area contributed by atoms with Gasteiger partial charge in [0.2, 0.25) is 0 Å². The molecule has 0 saturated heterocycles. The summed E-state index contributed by atoms with van der Waals surface area (Å²) in [6.07, 6.45) is 0. The van der Waals surface area contributed by atoms with Gasteiger partial charge in [-0.15, -0.1) is 23.5 Å². The highest BCUT2D eigenvalue weighted by molar-refractivity contribution is 7.99. The number of rotatable bonds is 27. The van der Waals surface area contributed by atoms with Crippen LogP contribution in [0.3, 0.4) is 0 Å². The van der Waals surface area contributed by atoms with Crippen molar-refractivity contribution in [2.24, 2.45) is 0 Å². The van der Waals surface area contributed by atoms with Crippen molar-refractivity contribution in [3.05, 3.63) is 253 Å². The van der Waals surface area contributed by atoms with Crippen LogP contribution in [0.2, 0.25) is 10.0 Å². The molecule has 430 valence electrons. The van der Waals surface area contributed by atoms with E-state index in [9.17, 15) is 40.9 Å². The fraction of sp³-hybridized carbons (Fsp3) is 0.167. The molecule has 0 radical (unpaired) electrons. The third kappa shape index (κ3) is 17.4. The fourth-order valence-corrected chi connectivity index (χ4v) is 12.8. The number of nitro benzene ring substituents is 1. The second-order valence-corrected chi connectivity index (χ2v) is 25.1. The van der Waals surface area contributed by atoms with E-state index in [1.165, 1.54) is 86.0 Å². The van der Waals surface area contributed by atoms with Gasteiger partial charge < -0.3 is 9.47 Å². The van der Waals surface area contributed by atoms with Gasteiger partial charge in [-0.25, -0.2) is 35.1 Å². The van der Waals surface area contributed by atoms with E-state index in [2.05, 4.69) is 4.72 Å². The minimum absolute atomic E-state index is 0.00549. The van der Waals surface area contributed by atoms with Crippen LogP contribution < -0.4 is 18.9 Å². The van der Waals surface area contributed by atoms with Gasteiger partial charge >= 0.3 is 0 Å². The van der Waals surface area contributed by atoms with Crippen molar-refractivity contribution in [2.75, 3.05) is 31.7 Å². The Balaban J connectivity index is 0.926. The van der Waals surface area contributed by atoms with Gasteiger partial charge in [-0.05, 0) is 96.1 Å². The number of methoxy groups -OCH3 is 1. The van der Waals surface area contributed by atoms with Crippen molar-refractivity contribution in [1.29, 1.82) is 0 Å². The smallest absolute Gasteiger partial charge is 0.270 e. The third-order valence-electron chi connectivity index (χ3n) is 12.8. The first-order valence-corrected chi connectivity index (χ1v) is 31.1. The number of nitrogens with zero attached hydrogens (tertiary/aromatic N) is 3. The number of halogens is 4. The van der Waals surface area contributed by atoms with Crippen LogP contribution in [-0.4, -0.2) is 75.1 Å². The largest absolute Gasteiger partial charge is 0.497 e. The van der Waals surface area contributed by atoms with Gasteiger partial charge in [-0.1, -0.05) is 102 Å². The first kappa shape index (κ1) is 61.7. The zero-order valence-corrected chi connectivity index (χ0v) is 49.0. The van der Waals surface area contributed by atoms with Crippen LogP contribution in [0.15, 0.2) is 202 Å². The van der Waals surface area contributed by atoms with E-state index >= 15 is 4.39 Å². The van der Waals surface area contributed by atoms with Crippen molar-refractivity contribution < 1.29 is 49.6 Å². The number of ether oxygens (including phenoxy) is 2. The maximum absolute atomic E-state index is 15.9. The molecule has 8 aromatic rings. The minimum atomic E-state index is -4.41. The van der Waals surface area contributed by atoms with E-state index in [1.807, 2.05) is 75.2 Å². The summed E-state index contributed by atoms with van der Waals surface area (Å²) >= 11 is 16.6. The Labute approximate surface area is 498 Å². The van der Waals surface area contributed by atoms with E-state index in [-0.39, 0.29) is 74.9 Å². The highest BCUT2D eigenvalue weighted by Crippen LogP contribution is 2.31. The Morgan fingerprint density at radius 2 is 1.08 bits per heavy atom. The summed E-state index contributed by atoms with van der Waals surface area (Å²) in [5.74, 6) is -1.52. The van der Waals surface area contributed by atoms with E-state index in [0.717, 1.165) is 21.4 Å². The minimum Gasteiger partial charge on any atom is -0.497 e. The van der Waals surface area contributed by atoms with Gasteiger partial charge in [0.15, 0.2) is 0 Å². The average molecular weight is 1240 g/mol. The highest BCUT2D eigenvalue weighted by atomic mass is 35.5. The number of hydrogen-bond acceptors (Lipinski definition) is 14. The molecule has 0 spiro atoms. The first-order chi connectivity index (χ1) is 39.8. The topological polar surface area (TPSA) is 195 Å². The molecular weight excluding hydrogens is 1190 g/mol. The van der Waals surface area contributed by atoms with E-state index < -0.39 is 48.4 Å². The number of thioether (sulfide) groups is 2. The molecule has 0 aliphatic rings. The highest BCUT2D eigenvalue weighted by Gasteiger charge is 2.24.